The number of aliphatic imine (C=N–C) groups is 1. The highest BCUT2D eigenvalue weighted by molar-refractivity contribution is 6.13. The van der Waals surface area contributed by atoms with Gasteiger partial charge in [0.15, 0.2) is 0 Å². The van der Waals surface area contributed by atoms with Crippen molar-refractivity contribution in [2.75, 3.05) is 0 Å². The van der Waals surface area contributed by atoms with Crippen molar-refractivity contribution in [1.29, 1.82) is 0 Å². The maximum atomic E-state index is 5.20. The van der Waals surface area contributed by atoms with E-state index < -0.39 is 0 Å². The van der Waals surface area contributed by atoms with Crippen LogP contribution in [0.15, 0.2) is 77.9 Å². The van der Waals surface area contributed by atoms with Gasteiger partial charge in [0.05, 0.1) is 17.1 Å². The van der Waals surface area contributed by atoms with Crippen LogP contribution in [0, 0.1) is 0 Å². The van der Waals surface area contributed by atoms with Gasteiger partial charge in [0.1, 0.15) is 0 Å². The fraction of sp³-hybridized carbons (Fsp3) is 0.250. The topological polar surface area (TPSA) is 25.2 Å². The zero-order valence-electron chi connectivity index (χ0n) is 16.0. The van der Waals surface area contributed by atoms with Crippen LogP contribution in [0.1, 0.15) is 61.9 Å². The van der Waals surface area contributed by atoms with E-state index in [4.69, 9.17) is 4.99 Å². The molecule has 0 spiro atoms. The minimum Gasteiger partial charge on any atom is -0.255 e. The van der Waals surface area contributed by atoms with Crippen molar-refractivity contribution < 1.29 is 0 Å². The predicted molar refractivity (Wildman–Crippen MR) is 111 cm³/mol. The number of aromatic nitrogens is 1. The summed E-state index contributed by atoms with van der Waals surface area (Å²) in [6.45, 7) is 8.89. The molecule has 2 aromatic carbocycles. The first kappa shape index (κ1) is 18.1. The molecule has 0 amide bonds. The third-order valence-electron chi connectivity index (χ3n) is 4.52. The molecule has 0 aliphatic heterocycles. The lowest BCUT2D eigenvalue weighted by molar-refractivity contribution is 0.834. The maximum absolute atomic E-state index is 5.20. The van der Waals surface area contributed by atoms with Gasteiger partial charge in [-0.25, -0.2) is 4.99 Å². The molecule has 0 atom stereocenters. The molecule has 1 aromatic heterocycles. The Labute approximate surface area is 156 Å². The largest absolute Gasteiger partial charge is 0.255 e. The molecule has 0 saturated heterocycles. The van der Waals surface area contributed by atoms with E-state index in [1.807, 2.05) is 42.6 Å². The summed E-state index contributed by atoms with van der Waals surface area (Å²) in [4.78, 5) is 9.77. The van der Waals surface area contributed by atoms with E-state index in [1.165, 1.54) is 11.1 Å². The van der Waals surface area contributed by atoms with Gasteiger partial charge in [-0.15, -0.1) is 0 Å². The molecule has 0 saturated carbocycles. The van der Waals surface area contributed by atoms with Crippen LogP contribution in [-0.4, -0.2) is 10.7 Å². The molecule has 2 nitrogen and oxygen atoms in total. The van der Waals surface area contributed by atoms with E-state index in [9.17, 15) is 0 Å². The molecule has 0 aliphatic rings. The third kappa shape index (κ3) is 3.91. The van der Waals surface area contributed by atoms with E-state index in [1.54, 1.807) is 0 Å². The summed E-state index contributed by atoms with van der Waals surface area (Å²) in [5.41, 5.74) is 6.54. The van der Waals surface area contributed by atoms with Crippen LogP contribution in [0.4, 0.5) is 5.69 Å². The van der Waals surface area contributed by atoms with Crippen LogP contribution in [0.25, 0.3) is 0 Å². The van der Waals surface area contributed by atoms with Crippen LogP contribution in [0.2, 0.25) is 0 Å². The Bertz CT molecular complexity index is 811. The summed E-state index contributed by atoms with van der Waals surface area (Å²) >= 11 is 0. The monoisotopic (exact) mass is 342 g/mol. The van der Waals surface area contributed by atoms with Gasteiger partial charge >= 0.3 is 0 Å². The molecule has 0 bridgehead atoms. The Hall–Kier alpha value is -2.74. The Kier molecular flexibility index (Phi) is 5.62. The second-order valence-corrected chi connectivity index (χ2v) is 7.14. The number of hydrogen-bond acceptors (Lipinski definition) is 2. The molecular formula is C24H26N2. The molecule has 0 aliphatic carbocycles. The first-order valence-corrected chi connectivity index (χ1v) is 9.26. The summed E-state index contributed by atoms with van der Waals surface area (Å²) < 4.78 is 0. The highest BCUT2D eigenvalue weighted by atomic mass is 14.8. The van der Waals surface area contributed by atoms with E-state index in [0.29, 0.717) is 11.8 Å². The summed E-state index contributed by atoms with van der Waals surface area (Å²) in [5, 5.41) is 0. The van der Waals surface area contributed by atoms with E-state index >= 15 is 0 Å². The van der Waals surface area contributed by atoms with E-state index in [2.05, 4.69) is 63.0 Å². The first-order chi connectivity index (χ1) is 12.6. The summed E-state index contributed by atoms with van der Waals surface area (Å²) in [6.07, 6.45) is 1.82. The van der Waals surface area contributed by atoms with Crippen LogP contribution < -0.4 is 0 Å². The Morgan fingerprint density at radius 2 is 1.35 bits per heavy atom. The molecule has 0 N–H and O–H groups in total. The number of rotatable bonds is 5. The lowest BCUT2D eigenvalue weighted by atomic mass is 9.92. The molecule has 132 valence electrons. The SMILES string of the molecule is CC(C)c1cccc(C(C)C)c1/N=C(\c1ccccc1)c1ccccn1. The average molecular weight is 342 g/mol. The molecule has 0 fully saturated rings. The standard InChI is InChI=1S/C24H26N2/c1-17(2)20-13-10-14-21(18(3)4)24(20)26-23(19-11-6-5-7-12-19)22-15-8-9-16-25-22/h5-18H,1-4H3/b26-23+. The second-order valence-electron chi connectivity index (χ2n) is 7.14. The summed E-state index contributed by atoms with van der Waals surface area (Å²) in [7, 11) is 0. The van der Waals surface area contributed by atoms with Crippen molar-refractivity contribution in [3.63, 3.8) is 0 Å². The zero-order chi connectivity index (χ0) is 18.5. The summed E-state index contributed by atoms with van der Waals surface area (Å²) in [6, 6.07) is 22.8. The normalized spacial score (nSPS) is 12.0. The van der Waals surface area contributed by atoms with Crippen LogP contribution in [0.3, 0.4) is 0 Å². The molecule has 3 aromatic rings. The lowest BCUT2D eigenvalue weighted by Crippen LogP contribution is -2.06. The Morgan fingerprint density at radius 3 is 1.88 bits per heavy atom. The van der Waals surface area contributed by atoms with Crippen LogP contribution >= 0.6 is 0 Å². The minimum absolute atomic E-state index is 0.410. The van der Waals surface area contributed by atoms with Gasteiger partial charge < -0.3 is 0 Å². The van der Waals surface area contributed by atoms with Gasteiger partial charge in [0, 0.05) is 11.8 Å². The van der Waals surface area contributed by atoms with Crippen LogP contribution in [-0.2, 0) is 0 Å². The van der Waals surface area contributed by atoms with Gasteiger partial charge in [-0.2, -0.15) is 0 Å². The molecule has 26 heavy (non-hydrogen) atoms. The molecule has 2 heteroatoms. The smallest absolute Gasteiger partial charge is 0.0965 e. The van der Waals surface area contributed by atoms with Gasteiger partial charge in [0.25, 0.3) is 0 Å². The number of para-hydroxylation sites is 1. The quantitative estimate of drug-likeness (QED) is 0.486. The fourth-order valence-corrected chi connectivity index (χ4v) is 3.12. The van der Waals surface area contributed by atoms with Gasteiger partial charge in [0.2, 0.25) is 0 Å². The molecular weight excluding hydrogens is 316 g/mol. The number of benzene rings is 2. The minimum atomic E-state index is 0.410. The zero-order valence-corrected chi connectivity index (χ0v) is 16.0. The number of nitrogens with zero attached hydrogens (tertiary/aromatic N) is 2. The summed E-state index contributed by atoms with van der Waals surface area (Å²) in [5.74, 6) is 0.821. The number of hydrogen-bond donors (Lipinski definition) is 0. The third-order valence-corrected chi connectivity index (χ3v) is 4.52. The molecule has 0 unspecified atom stereocenters. The Balaban J connectivity index is 2.27. The highest BCUT2D eigenvalue weighted by Gasteiger charge is 2.16. The van der Waals surface area contributed by atoms with Crippen molar-refractivity contribution in [3.05, 3.63) is 95.3 Å². The molecule has 0 radical (unpaired) electrons. The molecule has 3 rings (SSSR count). The van der Waals surface area contributed by atoms with E-state index in [0.717, 1.165) is 22.7 Å². The first-order valence-electron chi connectivity index (χ1n) is 9.26. The fourth-order valence-electron chi connectivity index (χ4n) is 3.12. The van der Waals surface area contributed by atoms with Crippen molar-refractivity contribution in [1.82, 2.24) is 4.98 Å². The highest BCUT2D eigenvalue weighted by Crippen LogP contribution is 2.35. The average Bonchev–Trinajstić information content (AvgIpc) is 2.67. The van der Waals surface area contributed by atoms with E-state index in [-0.39, 0.29) is 0 Å². The van der Waals surface area contributed by atoms with Crippen molar-refractivity contribution in [3.8, 4) is 0 Å². The number of pyridine rings is 1. The predicted octanol–water partition coefficient (Wildman–Crippen LogP) is 6.50. The van der Waals surface area contributed by atoms with Crippen molar-refractivity contribution >= 4 is 11.4 Å². The van der Waals surface area contributed by atoms with Gasteiger partial charge in [-0.05, 0) is 35.1 Å². The van der Waals surface area contributed by atoms with Crippen molar-refractivity contribution in [2.45, 2.75) is 39.5 Å². The maximum Gasteiger partial charge on any atom is 0.0965 e. The lowest BCUT2D eigenvalue weighted by Gasteiger charge is -2.18. The molecule has 1 heterocycles. The van der Waals surface area contributed by atoms with Crippen molar-refractivity contribution in [2.24, 2.45) is 4.99 Å². The van der Waals surface area contributed by atoms with Gasteiger partial charge in [-0.1, -0.05) is 82.3 Å². The Morgan fingerprint density at radius 1 is 0.731 bits per heavy atom. The van der Waals surface area contributed by atoms with Gasteiger partial charge in [-0.3, -0.25) is 4.98 Å². The second kappa shape index (κ2) is 8.09. The van der Waals surface area contributed by atoms with Crippen LogP contribution in [0.5, 0.6) is 0 Å².